The number of hydrogen-bond donors (Lipinski definition) is 2. The van der Waals surface area contributed by atoms with Crippen molar-refractivity contribution in [1.29, 1.82) is 0 Å². The Morgan fingerprint density at radius 3 is 1.63 bits per heavy atom. The average Bonchev–Trinajstić information content (AvgIpc) is 2.17. The van der Waals surface area contributed by atoms with E-state index in [1.54, 1.807) is 0 Å². The first-order valence-corrected chi connectivity index (χ1v) is 7.39. The van der Waals surface area contributed by atoms with Crippen molar-refractivity contribution in [3.05, 3.63) is 0 Å². The van der Waals surface area contributed by atoms with Gasteiger partial charge in [0.15, 0.2) is 0 Å². The van der Waals surface area contributed by atoms with Gasteiger partial charge in [-0.15, -0.1) is 0 Å². The van der Waals surface area contributed by atoms with Crippen LogP contribution in [-0.2, 0) is 4.74 Å². The fourth-order valence-corrected chi connectivity index (χ4v) is 3.21. The molecule has 1 aliphatic heterocycles. The van der Waals surface area contributed by atoms with Crippen LogP contribution in [-0.4, -0.2) is 34.6 Å². The number of rotatable bonds is 1. The summed E-state index contributed by atoms with van der Waals surface area (Å²) in [5.74, 6) is 0.261. The molecule has 3 nitrogen and oxygen atoms in total. The molecule has 1 rings (SSSR count). The molecule has 0 aromatic carbocycles. The van der Waals surface area contributed by atoms with E-state index in [1.807, 2.05) is 20.8 Å². The summed E-state index contributed by atoms with van der Waals surface area (Å²) in [7, 11) is 0. The molecule has 0 bridgehead atoms. The maximum atomic E-state index is 10.6. The molecule has 3 heteroatoms. The van der Waals surface area contributed by atoms with Crippen molar-refractivity contribution in [2.75, 3.05) is 0 Å². The summed E-state index contributed by atoms with van der Waals surface area (Å²) in [6, 6.07) is 0. The van der Waals surface area contributed by atoms with Crippen molar-refractivity contribution < 1.29 is 14.9 Å². The Bertz CT molecular complexity index is 298. The minimum atomic E-state index is -0.820. The zero-order valence-electron chi connectivity index (χ0n) is 13.8. The van der Waals surface area contributed by atoms with Crippen LogP contribution in [0.2, 0.25) is 0 Å². The largest absolute Gasteiger partial charge is 0.390 e. The third kappa shape index (κ3) is 3.50. The van der Waals surface area contributed by atoms with E-state index >= 15 is 0 Å². The maximum absolute atomic E-state index is 10.6. The normalized spacial score (nSPS) is 37.7. The molecule has 0 amide bonds. The number of ether oxygens (including phenoxy) is 1. The molecule has 0 spiro atoms. The standard InChI is InChI=1S/C16H32O3/c1-9(2)13-10(15(3,4)5)11(17)12(18)14(19-13)16(6,7)8/h9-14,17-18H,1-8H3/t10-,11?,12?,13?,14+/m0/s1. The molecular formula is C16H32O3. The first-order valence-electron chi connectivity index (χ1n) is 7.39. The molecule has 1 saturated heterocycles. The average molecular weight is 272 g/mol. The molecule has 0 aromatic heterocycles. The van der Waals surface area contributed by atoms with Crippen LogP contribution in [0.5, 0.6) is 0 Å². The van der Waals surface area contributed by atoms with Gasteiger partial charge < -0.3 is 14.9 Å². The number of aliphatic hydroxyl groups excluding tert-OH is 2. The lowest BCUT2D eigenvalue weighted by atomic mass is 9.66. The summed E-state index contributed by atoms with van der Waals surface area (Å²) in [4.78, 5) is 0. The van der Waals surface area contributed by atoms with Gasteiger partial charge in [-0.2, -0.15) is 0 Å². The molecule has 19 heavy (non-hydrogen) atoms. The van der Waals surface area contributed by atoms with Crippen LogP contribution in [0.1, 0.15) is 55.4 Å². The van der Waals surface area contributed by atoms with E-state index in [2.05, 4.69) is 34.6 Å². The molecule has 3 unspecified atom stereocenters. The predicted molar refractivity (Wildman–Crippen MR) is 77.9 cm³/mol. The summed E-state index contributed by atoms with van der Waals surface area (Å²) in [5.41, 5.74) is -0.283. The summed E-state index contributed by atoms with van der Waals surface area (Å²) in [6.45, 7) is 16.7. The van der Waals surface area contributed by atoms with Crippen LogP contribution in [0.3, 0.4) is 0 Å². The molecule has 1 aliphatic rings. The highest BCUT2D eigenvalue weighted by Crippen LogP contribution is 2.44. The van der Waals surface area contributed by atoms with E-state index < -0.39 is 12.2 Å². The van der Waals surface area contributed by atoms with Crippen LogP contribution in [0.25, 0.3) is 0 Å². The Morgan fingerprint density at radius 2 is 1.32 bits per heavy atom. The first kappa shape index (κ1) is 16.9. The molecule has 0 aliphatic carbocycles. The zero-order valence-corrected chi connectivity index (χ0v) is 13.8. The van der Waals surface area contributed by atoms with E-state index in [9.17, 15) is 10.2 Å². The molecular weight excluding hydrogens is 240 g/mol. The lowest BCUT2D eigenvalue weighted by Crippen LogP contribution is -2.62. The van der Waals surface area contributed by atoms with Crippen LogP contribution in [0.15, 0.2) is 0 Å². The van der Waals surface area contributed by atoms with Crippen molar-refractivity contribution in [2.24, 2.45) is 22.7 Å². The van der Waals surface area contributed by atoms with Gasteiger partial charge in [0.05, 0.1) is 18.3 Å². The Morgan fingerprint density at radius 1 is 0.842 bits per heavy atom. The van der Waals surface area contributed by atoms with E-state index in [4.69, 9.17) is 4.74 Å². The molecule has 1 heterocycles. The predicted octanol–water partition coefficient (Wildman–Crippen LogP) is 2.84. The van der Waals surface area contributed by atoms with Crippen LogP contribution in [0, 0.1) is 22.7 Å². The lowest BCUT2D eigenvalue weighted by Gasteiger charge is -2.52. The van der Waals surface area contributed by atoms with E-state index in [0.717, 1.165) is 0 Å². The highest BCUT2D eigenvalue weighted by Gasteiger charge is 2.52. The first-order chi connectivity index (χ1) is 8.37. The van der Waals surface area contributed by atoms with Gasteiger partial charge in [0.1, 0.15) is 6.10 Å². The molecule has 5 atom stereocenters. The third-order valence-corrected chi connectivity index (χ3v) is 4.20. The van der Waals surface area contributed by atoms with Crippen molar-refractivity contribution in [2.45, 2.75) is 79.8 Å². The van der Waals surface area contributed by atoms with Crippen molar-refractivity contribution in [3.63, 3.8) is 0 Å². The third-order valence-electron chi connectivity index (χ3n) is 4.20. The Kier molecular flexibility index (Phi) is 4.76. The second-order valence-electron chi connectivity index (χ2n) is 8.50. The monoisotopic (exact) mass is 272 g/mol. The molecule has 1 fully saturated rings. The molecule has 114 valence electrons. The van der Waals surface area contributed by atoms with Gasteiger partial charge in [-0.3, -0.25) is 0 Å². The van der Waals surface area contributed by atoms with Gasteiger partial charge in [0.25, 0.3) is 0 Å². The van der Waals surface area contributed by atoms with Gasteiger partial charge in [-0.25, -0.2) is 0 Å². The van der Waals surface area contributed by atoms with Crippen molar-refractivity contribution in [1.82, 2.24) is 0 Å². The lowest BCUT2D eigenvalue weighted by molar-refractivity contribution is -0.252. The Hall–Kier alpha value is -0.120. The summed E-state index contributed by atoms with van der Waals surface area (Å²) in [6.07, 6.45) is -1.90. The zero-order chi connectivity index (χ0) is 15.2. The molecule has 2 N–H and O–H groups in total. The Labute approximate surface area is 118 Å². The minimum Gasteiger partial charge on any atom is -0.390 e. The number of aliphatic hydroxyl groups is 2. The summed E-state index contributed by atoms with van der Waals surface area (Å²) in [5, 5.41) is 21.0. The van der Waals surface area contributed by atoms with Gasteiger partial charge in [-0.05, 0) is 16.7 Å². The Balaban J connectivity index is 3.12. The second kappa shape index (κ2) is 5.34. The molecule has 0 radical (unpaired) electrons. The maximum Gasteiger partial charge on any atom is 0.107 e. The minimum absolute atomic E-state index is 0.0253. The van der Waals surface area contributed by atoms with E-state index in [1.165, 1.54) is 0 Å². The van der Waals surface area contributed by atoms with E-state index in [0.29, 0.717) is 5.92 Å². The van der Waals surface area contributed by atoms with Crippen LogP contribution >= 0.6 is 0 Å². The highest BCUT2D eigenvalue weighted by atomic mass is 16.5. The topological polar surface area (TPSA) is 49.7 Å². The van der Waals surface area contributed by atoms with Gasteiger partial charge in [0, 0.05) is 5.92 Å². The SMILES string of the molecule is CC(C)C1O[C@@H](C(C)(C)C)C(O)C(O)[C@@H]1C(C)(C)C. The van der Waals surface area contributed by atoms with Crippen LogP contribution in [0.4, 0.5) is 0 Å². The van der Waals surface area contributed by atoms with Gasteiger partial charge in [-0.1, -0.05) is 55.4 Å². The van der Waals surface area contributed by atoms with Crippen molar-refractivity contribution >= 4 is 0 Å². The van der Waals surface area contributed by atoms with Gasteiger partial charge in [0.2, 0.25) is 0 Å². The highest BCUT2D eigenvalue weighted by molar-refractivity contribution is 5.00. The van der Waals surface area contributed by atoms with E-state index in [-0.39, 0.29) is 29.0 Å². The fourth-order valence-electron chi connectivity index (χ4n) is 3.21. The molecule has 0 saturated carbocycles. The number of hydrogen-bond acceptors (Lipinski definition) is 3. The smallest absolute Gasteiger partial charge is 0.107 e. The van der Waals surface area contributed by atoms with Gasteiger partial charge >= 0.3 is 0 Å². The quantitative estimate of drug-likeness (QED) is 0.771. The molecule has 0 aromatic rings. The second-order valence-corrected chi connectivity index (χ2v) is 8.50. The fraction of sp³-hybridized carbons (Fsp3) is 1.00. The summed E-state index contributed by atoms with van der Waals surface area (Å²) >= 11 is 0. The summed E-state index contributed by atoms with van der Waals surface area (Å²) < 4.78 is 6.22. The van der Waals surface area contributed by atoms with Crippen molar-refractivity contribution in [3.8, 4) is 0 Å². The van der Waals surface area contributed by atoms with Crippen LogP contribution < -0.4 is 0 Å².